The summed E-state index contributed by atoms with van der Waals surface area (Å²) < 4.78 is 42.3. The molecule has 0 bridgehead atoms. The molecule has 0 fully saturated rings. The van der Waals surface area contributed by atoms with Gasteiger partial charge in [0, 0.05) is 19.2 Å². The number of nitrogens with one attached hydrogen (secondary N) is 1. The zero-order valence-corrected chi connectivity index (χ0v) is 20.9. The van der Waals surface area contributed by atoms with E-state index in [-0.39, 0.29) is 17.7 Å². The van der Waals surface area contributed by atoms with Crippen molar-refractivity contribution in [3.05, 3.63) is 30.4 Å². The van der Waals surface area contributed by atoms with Gasteiger partial charge in [0.15, 0.2) is 11.9 Å². The van der Waals surface area contributed by atoms with Gasteiger partial charge in [0.2, 0.25) is 27.7 Å². The molecule has 36 heavy (non-hydrogen) atoms. The molecule has 4 rings (SSSR count). The van der Waals surface area contributed by atoms with Crippen LogP contribution in [0.4, 0.5) is 5.95 Å². The molecule has 0 aromatic carbocycles. The van der Waals surface area contributed by atoms with Crippen LogP contribution in [0.3, 0.4) is 0 Å². The van der Waals surface area contributed by atoms with Gasteiger partial charge in [-0.25, -0.2) is 18.4 Å². The van der Waals surface area contributed by atoms with Crippen LogP contribution in [-0.2, 0) is 26.6 Å². The van der Waals surface area contributed by atoms with Crippen molar-refractivity contribution in [3.8, 4) is 17.4 Å². The number of amides is 1. The number of rotatable bonds is 8. The van der Waals surface area contributed by atoms with Crippen molar-refractivity contribution in [2.75, 3.05) is 18.9 Å². The predicted molar refractivity (Wildman–Crippen MR) is 128 cm³/mol. The molecule has 1 aliphatic rings. The van der Waals surface area contributed by atoms with E-state index in [0.717, 1.165) is 6.34 Å². The number of carbonyl (C=O) groups is 1. The number of methoxy groups -OCH3 is 2. The standard InChI is InChI=1S/C20H24N10O5S/c1-11(14-8-22-15(34-4)9-21-14)12(2)36(32,33)28-20-26-25-17(13-6-7-29(3)27-13)30(20)16-18(31)23-10-24-19(16)35-5/h6-12,16H,1-5H3,(H,26,28)/t11-,12-,16?/m0/s1. The van der Waals surface area contributed by atoms with Crippen molar-refractivity contribution in [2.24, 2.45) is 17.0 Å². The Hall–Kier alpha value is -4.21. The number of nitrogens with zero attached hydrogens (tertiary/aromatic N) is 9. The van der Waals surface area contributed by atoms with Gasteiger partial charge in [-0.3, -0.25) is 23.7 Å². The molecule has 3 aromatic heterocycles. The van der Waals surface area contributed by atoms with Crippen molar-refractivity contribution in [2.45, 2.75) is 31.1 Å². The number of carbonyl (C=O) groups excluding carboxylic acids is 1. The minimum Gasteiger partial charge on any atom is -0.482 e. The topological polar surface area (TPSA) is 181 Å². The van der Waals surface area contributed by atoms with Gasteiger partial charge in [0.05, 0.1) is 37.6 Å². The van der Waals surface area contributed by atoms with Crippen LogP contribution in [0.5, 0.6) is 5.88 Å². The van der Waals surface area contributed by atoms with Crippen LogP contribution in [0, 0.1) is 0 Å². The van der Waals surface area contributed by atoms with Gasteiger partial charge < -0.3 is 9.47 Å². The Morgan fingerprint density at radius 2 is 1.89 bits per heavy atom. The van der Waals surface area contributed by atoms with Gasteiger partial charge in [0.25, 0.3) is 5.91 Å². The highest BCUT2D eigenvalue weighted by Crippen LogP contribution is 2.30. The summed E-state index contributed by atoms with van der Waals surface area (Å²) in [5.41, 5.74) is 0.804. The van der Waals surface area contributed by atoms with E-state index in [2.05, 4.69) is 40.0 Å². The second kappa shape index (κ2) is 9.80. The lowest BCUT2D eigenvalue weighted by molar-refractivity contribution is -0.119. The normalized spacial score (nSPS) is 17.4. The summed E-state index contributed by atoms with van der Waals surface area (Å²) in [5, 5.41) is 11.4. The average Bonchev–Trinajstić information content (AvgIpc) is 3.48. The lowest BCUT2D eigenvalue weighted by Gasteiger charge is -2.23. The highest BCUT2D eigenvalue weighted by Gasteiger charge is 2.37. The van der Waals surface area contributed by atoms with Gasteiger partial charge >= 0.3 is 0 Å². The molecule has 1 amide bonds. The van der Waals surface area contributed by atoms with Gasteiger partial charge in [-0.1, -0.05) is 6.92 Å². The van der Waals surface area contributed by atoms with E-state index in [1.165, 1.54) is 42.8 Å². The molecule has 15 nitrogen and oxygen atoms in total. The highest BCUT2D eigenvalue weighted by molar-refractivity contribution is 7.93. The summed E-state index contributed by atoms with van der Waals surface area (Å²) >= 11 is 0. The SMILES string of the molecule is COC1=NC=NC(=O)C1n1c(NS(=O)(=O)[C@@H](C)[C@H](C)c2cnc(OC)cn2)nnc1-c1ccn(C)n1. The van der Waals surface area contributed by atoms with Crippen molar-refractivity contribution >= 4 is 34.1 Å². The van der Waals surface area contributed by atoms with Crippen molar-refractivity contribution < 1.29 is 22.7 Å². The van der Waals surface area contributed by atoms with Crippen LogP contribution in [0.1, 0.15) is 31.5 Å². The monoisotopic (exact) mass is 516 g/mol. The number of anilines is 1. The number of hydrogen-bond donors (Lipinski definition) is 1. The molecule has 3 aromatic rings. The predicted octanol–water partition coefficient (Wildman–Crippen LogP) is 0.566. The number of aliphatic imine (C=N–C) groups is 2. The van der Waals surface area contributed by atoms with E-state index in [4.69, 9.17) is 9.47 Å². The van der Waals surface area contributed by atoms with Crippen molar-refractivity contribution in [1.29, 1.82) is 0 Å². The number of aryl methyl sites for hydroxylation is 1. The van der Waals surface area contributed by atoms with Gasteiger partial charge in [-0.2, -0.15) is 10.1 Å². The Morgan fingerprint density at radius 3 is 2.50 bits per heavy atom. The average molecular weight is 517 g/mol. The molecule has 0 aliphatic carbocycles. The van der Waals surface area contributed by atoms with Gasteiger partial charge in [0.1, 0.15) is 12.0 Å². The lowest BCUT2D eigenvalue weighted by atomic mass is 10.1. The second-order valence-electron chi connectivity index (χ2n) is 7.87. The molecule has 16 heteroatoms. The first kappa shape index (κ1) is 24.9. The third kappa shape index (κ3) is 4.66. The number of hydrogen-bond acceptors (Lipinski definition) is 11. The highest BCUT2D eigenvalue weighted by atomic mass is 32.2. The smallest absolute Gasteiger partial charge is 0.280 e. The zero-order chi connectivity index (χ0) is 26.0. The van der Waals surface area contributed by atoms with Crippen LogP contribution in [0.2, 0.25) is 0 Å². The molecule has 1 N–H and O–H groups in total. The van der Waals surface area contributed by atoms with Gasteiger partial charge in [-0.15, -0.1) is 10.2 Å². The maximum Gasteiger partial charge on any atom is 0.280 e. The molecule has 1 unspecified atom stereocenters. The molecule has 190 valence electrons. The van der Waals surface area contributed by atoms with Gasteiger partial charge in [-0.05, 0) is 13.0 Å². The first-order valence-electron chi connectivity index (χ1n) is 10.7. The zero-order valence-electron chi connectivity index (χ0n) is 20.1. The van der Waals surface area contributed by atoms with E-state index in [9.17, 15) is 13.2 Å². The molecular formula is C20H24N10O5S. The third-order valence-electron chi connectivity index (χ3n) is 5.69. The molecule has 3 atom stereocenters. The Balaban J connectivity index is 1.73. The molecule has 0 radical (unpaired) electrons. The summed E-state index contributed by atoms with van der Waals surface area (Å²) in [6.07, 6.45) is 5.60. The lowest BCUT2D eigenvalue weighted by Crippen LogP contribution is -2.35. The van der Waals surface area contributed by atoms with Crippen LogP contribution in [-0.4, -0.2) is 80.5 Å². The fraction of sp³-hybridized carbons (Fsp3) is 0.400. The third-order valence-corrected chi connectivity index (χ3v) is 7.55. The summed E-state index contributed by atoms with van der Waals surface area (Å²) in [7, 11) is 0.434. The van der Waals surface area contributed by atoms with E-state index >= 15 is 0 Å². The Bertz CT molecular complexity index is 1430. The van der Waals surface area contributed by atoms with E-state index in [1.54, 1.807) is 26.2 Å². The minimum absolute atomic E-state index is 0.0117. The van der Waals surface area contributed by atoms with Crippen LogP contribution in [0.25, 0.3) is 11.5 Å². The maximum atomic E-state index is 13.4. The first-order chi connectivity index (χ1) is 17.2. The summed E-state index contributed by atoms with van der Waals surface area (Å²) in [6.45, 7) is 3.23. The van der Waals surface area contributed by atoms with E-state index in [0.29, 0.717) is 17.3 Å². The number of ether oxygens (including phenoxy) is 2. The molecule has 0 saturated carbocycles. The summed E-state index contributed by atoms with van der Waals surface area (Å²) in [5.74, 6) is -1.00. The second-order valence-corrected chi connectivity index (χ2v) is 9.91. The fourth-order valence-corrected chi connectivity index (χ4v) is 4.74. The Morgan fingerprint density at radius 1 is 1.11 bits per heavy atom. The first-order valence-corrected chi connectivity index (χ1v) is 12.2. The molecule has 0 saturated heterocycles. The summed E-state index contributed by atoms with van der Waals surface area (Å²) in [4.78, 5) is 28.9. The number of aromatic nitrogens is 7. The molecule has 1 aliphatic heterocycles. The van der Waals surface area contributed by atoms with E-state index < -0.39 is 33.1 Å². The summed E-state index contributed by atoms with van der Waals surface area (Å²) in [6, 6.07) is 0.399. The molecule has 0 spiro atoms. The maximum absolute atomic E-state index is 13.4. The van der Waals surface area contributed by atoms with Crippen LogP contribution >= 0.6 is 0 Å². The molecule has 4 heterocycles. The van der Waals surface area contributed by atoms with E-state index in [1.807, 2.05) is 0 Å². The largest absolute Gasteiger partial charge is 0.482 e. The van der Waals surface area contributed by atoms with Crippen LogP contribution < -0.4 is 9.46 Å². The number of sulfonamides is 1. The molecular weight excluding hydrogens is 492 g/mol. The van der Waals surface area contributed by atoms with Crippen molar-refractivity contribution in [1.82, 2.24) is 34.5 Å². The Kier molecular flexibility index (Phi) is 6.78. The minimum atomic E-state index is -4.07. The Labute approximate surface area is 206 Å². The quantitative estimate of drug-likeness (QED) is 0.444. The fourth-order valence-electron chi connectivity index (χ4n) is 3.49. The van der Waals surface area contributed by atoms with Crippen molar-refractivity contribution in [3.63, 3.8) is 0 Å². The van der Waals surface area contributed by atoms with Crippen LogP contribution in [0.15, 0.2) is 34.6 Å².